The van der Waals surface area contributed by atoms with Crippen molar-refractivity contribution in [3.63, 3.8) is 0 Å². The Morgan fingerprint density at radius 2 is 1.73 bits per heavy atom. The normalized spacial score (nSPS) is 10.8. The molecule has 0 atom stereocenters. The molecule has 0 heterocycles. The predicted molar refractivity (Wildman–Crippen MR) is 47.2 cm³/mol. The summed E-state index contributed by atoms with van der Waals surface area (Å²) >= 11 is 3.74. The van der Waals surface area contributed by atoms with E-state index in [1.165, 1.54) is 4.47 Å². The summed E-state index contributed by atoms with van der Waals surface area (Å²) in [6.07, 6.45) is 7.21. The zero-order valence-corrected chi connectivity index (χ0v) is 8.75. The molecule has 0 aromatic heterocycles. The molecule has 1 aliphatic rings. The van der Waals surface area contributed by atoms with Crippen LogP contribution in [0, 0.1) is 0 Å². The van der Waals surface area contributed by atoms with E-state index in [2.05, 4.69) is 35.7 Å². The molecule has 0 saturated carbocycles. The fourth-order valence-electron chi connectivity index (χ4n) is 0.416. The predicted octanol–water partition coefficient (Wildman–Crippen LogP) is 1.47. The van der Waals surface area contributed by atoms with Crippen molar-refractivity contribution in [1.82, 2.24) is 0 Å². The van der Waals surface area contributed by atoms with Crippen molar-refractivity contribution >= 4 is 37.6 Å². The molecule has 0 N–H and O–H groups in total. The van der Waals surface area contributed by atoms with Crippen LogP contribution in [0.25, 0.3) is 0 Å². The number of hydrogen-bond acceptors (Lipinski definition) is 2. The first kappa shape index (κ1) is 17.2. The molecule has 60 valence electrons. The SMILES string of the molecule is [C]=O.[C]=O.[Fe][C]1=CC=CC1.[I]. The summed E-state index contributed by atoms with van der Waals surface area (Å²) in [5.41, 5.74) is 0. The van der Waals surface area contributed by atoms with E-state index in [9.17, 15) is 0 Å². The summed E-state index contributed by atoms with van der Waals surface area (Å²) in [6, 6.07) is 0. The maximum Gasteiger partial charge on any atom is 0 e. The smallest absolute Gasteiger partial charge is 0 e. The largest absolute Gasteiger partial charge is 0 e. The minimum Gasteiger partial charge on any atom is 0 e. The van der Waals surface area contributed by atoms with Crippen LogP contribution in [0.4, 0.5) is 0 Å². The maximum atomic E-state index is 7.50. The van der Waals surface area contributed by atoms with Crippen molar-refractivity contribution in [2.45, 2.75) is 6.42 Å². The molecule has 0 saturated heterocycles. The zero-order valence-electron chi connectivity index (χ0n) is 5.49. The van der Waals surface area contributed by atoms with E-state index >= 15 is 0 Å². The van der Waals surface area contributed by atoms with Gasteiger partial charge in [0.1, 0.15) is 0 Å². The Balaban J connectivity index is -0.000000114. The molecule has 1 rings (SSSR count). The Kier molecular flexibility index (Phi) is 26.0. The molecule has 2 nitrogen and oxygen atoms in total. The van der Waals surface area contributed by atoms with E-state index in [1.54, 1.807) is 0 Å². The third kappa shape index (κ3) is 13.1. The third-order valence-corrected chi connectivity index (χ3v) is 1.13. The van der Waals surface area contributed by atoms with Crippen molar-refractivity contribution in [3.8, 4) is 0 Å². The Hall–Kier alpha value is 0.0695. The van der Waals surface area contributed by atoms with Gasteiger partial charge in [-0.3, -0.25) is 9.59 Å². The van der Waals surface area contributed by atoms with Gasteiger partial charge in [0.05, 0.1) is 0 Å². The monoisotopic (exact) mass is 304 g/mol. The summed E-state index contributed by atoms with van der Waals surface area (Å²) in [6.45, 7) is 9.00. The topological polar surface area (TPSA) is 34.1 Å². The van der Waals surface area contributed by atoms with E-state index in [0.717, 1.165) is 6.42 Å². The molecule has 0 aromatic carbocycles. The molecule has 0 bridgehead atoms. The Labute approximate surface area is 92.0 Å². The van der Waals surface area contributed by atoms with Crippen LogP contribution in [0.2, 0.25) is 0 Å². The van der Waals surface area contributed by atoms with Crippen LogP contribution in [0.15, 0.2) is 22.7 Å². The molecule has 0 spiro atoms. The summed E-state index contributed by atoms with van der Waals surface area (Å²) in [5.74, 6) is 0. The first-order chi connectivity index (χ1) is 4.89. The number of rotatable bonds is 0. The second-order valence-corrected chi connectivity index (χ2v) is 1.94. The van der Waals surface area contributed by atoms with Crippen LogP contribution in [0.3, 0.4) is 0 Å². The molecular weight excluding hydrogens is 299 g/mol. The fourth-order valence-corrected chi connectivity index (χ4v) is 0.652. The van der Waals surface area contributed by atoms with Gasteiger partial charge in [-0.05, 0) is 0 Å². The molecule has 0 unspecified atom stereocenters. The van der Waals surface area contributed by atoms with Gasteiger partial charge in [0.25, 0.3) is 13.6 Å². The van der Waals surface area contributed by atoms with Crippen molar-refractivity contribution in [2.24, 2.45) is 0 Å². The van der Waals surface area contributed by atoms with Gasteiger partial charge in [-0.1, -0.05) is 0 Å². The zero-order chi connectivity index (χ0) is 8.41. The first-order valence-corrected chi connectivity index (χ1v) is 2.85. The third-order valence-electron chi connectivity index (χ3n) is 0.717. The van der Waals surface area contributed by atoms with Crippen LogP contribution in [0.1, 0.15) is 6.42 Å². The molecule has 1 aliphatic carbocycles. The second kappa shape index (κ2) is 16.6. The summed E-state index contributed by atoms with van der Waals surface area (Å²) in [7, 11) is 0. The van der Waals surface area contributed by atoms with E-state index in [-0.39, 0.29) is 24.0 Å². The Bertz CT molecular complexity index is 132. The van der Waals surface area contributed by atoms with E-state index in [4.69, 9.17) is 9.59 Å². The van der Waals surface area contributed by atoms with E-state index in [1.807, 2.05) is 12.2 Å². The van der Waals surface area contributed by atoms with Gasteiger partial charge >= 0.3 is 45.1 Å². The van der Waals surface area contributed by atoms with Gasteiger partial charge in [0.15, 0.2) is 0 Å². The van der Waals surface area contributed by atoms with Gasteiger partial charge < -0.3 is 0 Å². The number of allylic oxidation sites excluding steroid dienone is 4. The van der Waals surface area contributed by atoms with E-state index < -0.39 is 0 Å². The fraction of sp³-hybridized carbons (Fsp3) is 0.143. The van der Waals surface area contributed by atoms with Gasteiger partial charge in [-0.2, -0.15) is 0 Å². The molecule has 0 aromatic rings. The van der Waals surface area contributed by atoms with Crippen LogP contribution < -0.4 is 0 Å². The molecular formula is C7H5FeIO2. The standard InChI is InChI=1S/C5H5.2CO.Fe.I/c1-2-4-5-3-1;2*1-2;;/h1-3H,4H2;;;;. The van der Waals surface area contributed by atoms with Crippen molar-refractivity contribution in [1.29, 1.82) is 0 Å². The quantitative estimate of drug-likeness (QED) is 0.502. The first-order valence-electron chi connectivity index (χ1n) is 2.30. The van der Waals surface area contributed by atoms with Crippen molar-refractivity contribution in [3.05, 3.63) is 22.7 Å². The number of halogens is 1. The van der Waals surface area contributed by atoms with Crippen LogP contribution in [-0.2, 0) is 25.6 Å². The van der Waals surface area contributed by atoms with Gasteiger partial charge in [-0.15, -0.1) is 0 Å². The van der Waals surface area contributed by atoms with Crippen LogP contribution >= 0.6 is 24.0 Å². The van der Waals surface area contributed by atoms with Gasteiger partial charge in [-0.25, -0.2) is 0 Å². The number of hydrogen-bond donors (Lipinski definition) is 0. The Morgan fingerprint density at radius 1 is 1.27 bits per heavy atom. The molecule has 5 radical (unpaired) electrons. The van der Waals surface area contributed by atoms with Gasteiger partial charge in [0.2, 0.25) is 0 Å². The molecule has 0 fully saturated rings. The minimum absolute atomic E-state index is 0. The molecule has 4 heteroatoms. The number of carbonyl (C=O) groups excluding carboxylic acids is 2. The maximum absolute atomic E-state index is 7.50. The Morgan fingerprint density at radius 3 is 1.82 bits per heavy atom. The molecule has 0 amide bonds. The summed E-state index contributed by atoms with van der Waals surface area (Å²) in [4.78, 5) is 15.0. The minimum atomic E-state index is 0. The summed E-state index contributed by atoms with van der Waals surface area (Å²) < 4.78 is 1.22. The second-order valence-electron chi connectivity index (χ2n) is 1.23. The van der Waals surface area contributed by atoms with E-state index in [0.29, 0.717) is 0 Å². The molecule has 0 aliphatic heterocycles. The average Bonchev–Trinajstić information content (AvgIpc) is 2.48. The van der Waals surface area contributed by atoms with Gasteiger partial charge in [0, 0.05) is 24.0 Å². The molecule has 11 heavy (non-hydrogen) atoms. The van der Waals surface area contributed by atoms with Crippen LogP contribution in [0.5, 0.6) is 0 Å². The van der Waals surface area contributed by atoms with Crippen molar-refractivity contribution < 1.29 is 25.6 Å². The van der Waals surface area contributed by atoms with Crippen LogP contribution in [-0.4, -0.2) is 13.6 Å². The average molecular weight is 304 g/mol. The van der Waals surface area contributed by atoms with Crippen molar-refractivity contribution in [2.75, 3.05) is 0 Å². The summed E-state index contributed by atoms with van der Waals surface area (Å²) in [5, 5.41) is 0.